The predicted molar refractivity (Wildman–Crippen MR) is 74.3 cm³/mol. The predicted octanol–water partition coefficient (Wildman–Crippen LogP) is 1.62. The summed E-state index contributed by atoms with van der Waals surface area (Å²) in [5.41, 5.74) is 0.702. The fourth-order valence-electron chi connectivity index (χ4n) is 1.42. The van der Waals surface area contributed by atoms with Gasteiger partial charge in [-0.25, -0.2) is 4.98 Å². The Kier molecular flexibility index (Phi) is 5.21. The summed E-state index contributed by atoms with van der Waals surface area (Å²) >= 11 is 2.85. The summed E-state index contributed by atoms with van der Waals surface area (Å²) in [5.74, 6) is 0.161. The van der Waals surface area contributed by atoms with Gasteiger partial charge in [0.05, 0.1) is 24.5 Å². The van der Waals surface area contributed by atoms with Gasteiger partial charge in [-0.15, -0.1) is 11.3 Å². The van der Waals surface area contributed by atoms with Crippen LogP contribution in [-0.2, 0) is 20.7 Å². The van der Waals surface area contributed by atoms with Crippen molar-refractivity contribution < 1.29 is 14.3 Å². The van der Waals surface area contributed by atoms with Gasteiger partial charge in [0.2, 0.25) is 5.91 Å². The van der Waals surface area contributed by atoms with Gasteiger partial charge in [-0.3, -0.25) is 9.59 Å². The number of rotatable bonds is 7. The molecule has 0 saturated heterocycles. The van der Waals surface area contributed by atoms with Crippen molar-refractivity contribution in [1.82, 2.24) is 10.3 Å². The molecule has 19 heavy (non-hydrogen) atoms. The lowest BCUT2D eigenvalue weighted by Gasteiger charge is -2.00. The van der Waals surface area contributed by atoms with Crippen molar-refractivity contribution in [2.45, 2.75) is 36.6 Å². The Bertz CT molecular complexity index is 458. The number of carbonyl (C=O) groups is 2. The largest absolute Gasteiger partial charge is 0.466 e. The van der Waals surface area contributed by atoms with Gasteiger partial charge >= 0.3 is 5.97 Å². The Morgan fingerprint density at radius 2 is 2.37 bits per heavy atom. The molecule has 1 aromatic heterocycles. The third-order valence-corrected chi connectivity index (χ3v) is 4.50. The van der Waals surface area contributed by atoms with E-state index in [1.165, 1.54) is 23.1 Å². The van der Waals surface area contributed by atoms with Crippen molar-refractivity contribution in [3.05, 3.63) is 11.1 Å². The van der Waals surface area contributed by atoms with Crippen LogP contribution >= 0.6 is 23.1 Å². The molecule has 0 bridgehead atoms. The molecule has 0 radical (unpaired) electrons. The van der Waals surface area contributed by atoms with E-state index in [0.717, 1.165) is 17.2 Å². The highest BCUT2D eigenvalue weighted by molar-refractivity contribution is 8.01. The van der Waals surface area contributed by atoms with Crippen LogP contribution in [0.15, 0.2) is 9.72 Å². The number of carbonyl (C=O) groups excluding carboxylic acids is 2. The lowest BCUT2D eigenvalue weighted by Crippen LogP contribution is -2.26. The number of ether oxygens (including phenoxy) is 1. The fraction of sp³-hybridized carbons (Fsp3) is 0.583. The first kappa shape index (κ1) is 14.3. The van der Waals surface area contributed by atoms with Crippen molar-refractivity contribution in [2.24, 2.45) is 0 Å². The topological polar surface area (TPSA) is 68.3 Å². The molecule has 104 valence electrons. The quantitative estimate of drug-likeness (QED) is 0.612. The Labute approximate surface area is 120 Å². The lowest BCUT2D eigenvalue weighted by atomic mass is 10.3. The van der Waals surface area contributed by atoms with Crippen molar-refractivity contribution >= 4 is 35.0 Å². The molecule has 1 heterocycles. The number of thiazole rings is 1. The minimum absolute atomic E-state index is 0.0506. The molecule has 1 aliphatic rings. The molecule has 1 saturated carbocycles. The number of hydrogen-bond donors (Lipinski definition) is 1. The Hall–Kier alpha value is -1.08. The van der Waals surface area contributed by atoms with Crippen LogP contribution in [0.4, 0.5) is 0 Å². The van der Waals surface area contributed by atoms with E-state index in [-0.39, 0.29) is 18.3 Å². The van der Waals surface area contributed by atoms with Gasteiger partial charge in [0.15, 0.2) is 4.34 Å². The molecule has 7 heteroatoms. The monoisotopic (exact) mass is 300 g/mol. The summed E-state index contributed by atoms with van der Waals surface area (Å²) in [4.78, 5) is 27.1. The van der Waals surface area contributed by atoms with E-state index in [1.54, 1.807) is 6.92 Å². The minimum atomic E-state index is -0.268. The van der Waals surface area contributed by atoms with E-state index in [9.17, 15) is 9.59 Å². The highest BCUT2D eigenvalue weighted by Gasteiger charge is 2.23. The van der Waals surface area contributed by atoms with Gasteiger partial charge in [0.1, 0.15) is 0 Å². The summed E-state index contributed by atoms with van der Waals surface area (Å²) in [7, 11) is 0. The molecule has 5 nitrogen and oxygen atoms in total. The molecular weight excluding hydrogens is 284 g/mol. The number of aromatic nitrogens is 1. The van der Waals surface area contributed by atoms with Gasteiger partial charge < -0.3 is 10.1 Å². The van der Waals surface area contributed by atoms with E-state index in [4.69, 9.17) is 4.74 Å². The number of hydrogen-bond acceptors (Lipinski definition) is 6. The van der Waals surface area contributed by atoms with Crippen LogP contribution < -0.4 is 5.32 Å². The molecule has 0 atom stereocenters. The van der Waals surface area contributed by atoms with Crippen LogP contribution in [0.3, 0.4) is 0 Å². The number of nitrogens with one attached hydrogen (secondary N) is 1. The van der Waals surface area contributed by atoms with E-state index in [2.05, 4.69) is 10.3 Å². The lowest BCUT2D eigenvalue weighted by molar-refractivity contribution is -0.142. The molecule has 1 N–H and O–H groups in total. The van der Waals surface area contributed by atoms with Crippen molar-refractivity contribution in [2.75, 3.05) is 12.4 Å². The third kappa shape index (κ3) is 5.20. The second-order valence-electron chi connectivity index (χ2n) is 4.22. The molecule has 1 fully saturated rings. The molecular formula is C12H16N2O3S2. The van der Waals surface area contributed by atoms with Crippen LogP contribution in [0.2, 0.25) is 0 Å². The van der Waals surface area contributed by atoms with Crippen LogP contribution in [-0.4, -0.2) is 35.3 Å². The average Bonchev–Trinajstić information content (AvgIpc) is 3.05. The normalized spacial score (nSPS) is 14.2. The first-order valence-electron chi connectivity index (χ1n) is 6.19. The van der Waals surface area contributed by atoms with Gasteiger partial charge in [-0.2, -0.15) is 0 Å². The van der Waals surface area contributed by atoms with Gasteiger partial charge in [-0.1, -0.05) is 11.8 Å². The van der Waals surface area contributed by atoms with E-state index >= 15 is 0 Å². The second kappa shape index (κ2) is 6.91. The van der Waals surface area contributed by atoms with E-state index in [1.807, 2.05) is 5.38 Å². The number of amides is 1. The Morgan fingerprint density at radius 3 is 3.05 bits per heavy atom. The van der Waals surface area contributed by atoms with Crippen LogP contribution in [0.1, 0.15) is 25.5 Å². The van der Waals surface area contributed by atoms with Crippen molar-refractivity contribution in [3.63, 3.8) is 0 Å². The smallest absolute Gasteiger partial charge is 0.311 e. The summed E-state index contributed by atoms with van der Waals surface area (Å²) in [6, 6.07) is 0.392. The molecule has 0 unspecified atom stereocenters. The van der Waals surface area contributed by atoms with Gasteiger partial charge in [0, 0.05) is 11.4 Å². The Balaban J connectivity index is 1.73. The molecule has 1 aliphatic carbocycles. The van der Waals surface area contributed by atoms with E-state index < -0.39 is 0 Å². The molecule has 0 aromatic carbocycles. The zero-order valence-electron chi connectivity index (χ0n) is 10.7. The van der Waals surface area contributed by atoms with Gasteiger partial charge in [-0.05, 0) is 19.8 Å². The zero-order valence-corrected chi connectivity index (χ0v) is 12.3. The van der Waals surface area contributed by atoms with Crippen LogP contribution in [0.25, 0.3) is 0 Å². The highest BCUT2D eigenvalue weighted by atomic mass is 32.2. The average molecular weight is 300 g/mol. The minimum Gasteiger partial charge on any atom is -0.466 e. The standard InChI is InChI=1S/C12H16N2O3S2/c1-2-17-11(16)5-9-6-18-12(14-9)19-7-10(15)13-8-3-4-8/h6,8H,2-5,7H2,1H3,(H,13,15). The molecule has 0 aliphatic heterocycles. The van der Waals surface area contributed by atoms with Crippen LogP contribution in [0, 0.1) is 0 Å². The Morgan fingerprint density at radius 1 is 1.58 bits per heavy atom. The number of thioether (sulfide) groups is 1. The fourth-order valence-corrected chi connectivity index (χ4v) is 3.08. The van der Waals surface area contributed by atoms with Crippen molar-refractivity contribution in [1.29, 1.82) is 0 Å². The summed E-state index contributed by atoms with van der Waals surface area (Å²) < 4.78 is 5.67. The SMILES string of the molecule is CCOC(=O)Cc1csc(SCC(=O)NC2CC2)n1. The first-order chi connectivity index (χ1) is 9.17. The molecule has 2 rings (SSSR count). The first-order valence-corrected chi connectivity index (χ1v) is 8.06. The molecule has 1 aromatic rings. The maximum atomic E-state index is 11.5. The highest BCUT2D eigenvalue weighted by Crippen LogP contribution is 2.24. The maximum absolute atomic E-state index is 11.5. The summed E-state index contributed by atoms with van der Waals surface area (Å²) in [5, 5.41) is 4.75. The number of nitrogens with zero attached hydrogens (tertiary/aromatic N) is 1. The third-order valence-electron chi connectivity index (χ3n) is 2.43. The molecule has 0 spiro atoms. The molecule has 1 amide bonds. The summed E-state index contributed by atoms with van der Waals surface area (Å²) in [6.45, 7) is 2.16. The van der Waals surface area contributed by atoms with Crippen LogP contribution in [0.5, 0.6) is 0 Å². The van der Waals surface area contributed by atoms with Gasteiger partial charge in [0.25, 0.3) is 0 Å². The van der Waals surface area contributed by atoms with E-state index in [0.29, 0.717) is 24.1 Å². The van der Waals surface area contributed by atoms with Crippen molar-refractivity contribution in [3.8, 4) is 0 Å². The summed E-state index contributed by atoms with van der Waals surface area (Å²) in [6.07, 6.45) is 2.38. The number of esters is 1. The second-order valence-corrected chi connectivity index (χ2v) is 6.30. The maximum Gasteiger partial charge on any atom is 0.311 e. The zero-order chi connectivity index (χ0) is 13.7.